The Kier molecular flexibility index (Phi) is 4.36. The molecule has 0 radical (unpaired) electrons. The average Bonchev–Trinajstić information content (AvgIpc) is 3.26. The Hall–Kier alpha value is -2.47. The maximum Gasteiger partial charge on any atom is 0.170 e. The molecular formula is C19H21FN4O. The number of hydrogen-bond acceptors (Lipinski definition) is 4. The van der Waals surface area contributed by atoms with Crippen LogP contribution in [0, 0.1) is 12.7 Å². The van der Waals surface area contributed by atoms with Gasteiger partial charge in [-0.25, -0.2) is 4.39 Å². The van der Waals surface area contributed by atoms with Crippen molar-refractivity contribution in [3.05, 3.63) is 59.3 Å². The summed E-state index contributed by atoms with van der Waals surface area (Å²) in [6.45, 7) is 3.71. The lowest BCUT2D eigenvalue weighted by molar-refractivity contribution is 0.137. The predicted molar refractivity (Wildman–Crippen MR) is 92.2 cm³/mol. The van der Waals surface area contributed by atoms with Crippen LogP contribution in [0.25, 0.3) is 11.3 Å². The summed E-state index contributed by atoms with van der Waals surface area (Å²) in [5.41, 5.74) is 4.01. The molecule has 1 atom stereocenters. The number of halogens is 1. The van der Waals surface area contributed by atoms with Crippen molar-refractivity contribution in [3.8, 4) is 11.3 Å². The van der Waals surface area contributed by atoms with Crippen molar-refractivity contribution >= 4 is 0 Å². The zero-order valence-electron chi connectivity index (χ0n) is 14.2. The minimum Gasteiger partial charge on any atom is -0.356 e. The molecule has 0 spiro atoms. The second-order valence-electron chi connectivity index (χ2n) is 6.64. The SMILES string of the molecule is Cc1cc(-c2cn[nH]c2[C@H]2CCCCN2Cc2ccc(F)cc2)on1. The van der Waals surface area contributed by atoms with E-state index < -0.39 is 0 Å². The molecule has 130 valence electrons. The Morgan fingerprint density at radius 2 is 2.12 bits per heavy atom. The minimum atomic E-state index is -0.199. The van der Waals surface area contributed by atoms with Crippen LogP contribution < -0.4 is 0 Å². The van der Waals surface area contributed by atoms with Crippen molar-refractivity contribution in [2.24, 2.45) is 0 Å². The number of aromatic nitrogens is 3. The minimum absolute atomic E-state index is 0.199. The van der Waals surface area contributed by atoms with Crippen LogP contribution in [0.15, 0.2) is 41.1 Å². The standard InChI is InChI=1S/C19H21FN4O/c1-13-10-18(25-23-13)16-11-21-22-19(16)17-4-2-3-9-24(17)12-14-5-7-15(20)8-6-14/h5-8,10-11,17H,2-4,9,12H2,1H3,(H,21,22)/t17-/m1/s1. The van der Waals surface area contributed by atoms with Gasteiger partial charge in [-0.1, -0.05) is 23.7 Å². The quantitative estimate of drug-likeness (QED) is 0.772. The Bertz CT molecular complexity index is 839. The van der Waals surface area contributed by atoms with E-state index in [2.05, 4.69) is 20.3 Å². The molecule has 1 N–H and O–H groups in total. The number of aromatic amines is 1. The van der Waals surface area contributed by atoms with E-state index in [1.165, 1.54) is 25.0 Å². The van der Waals surface area contributed by atoms with Gasteiger partial charge in [-0.15, -0.1) is 0 Å². The van der Waals surface area contributed by atoms with Crippen LogP contribution in [0.5, 0.6) is 0 Å². The van der Waals surface area contributed by atoms with E-state index in [1.807, 2.05) is 25.1 Å². The van der Waals surface area contributed by atoms with Crippen LogP contribution in [-0.2, 0) is 6.54 Å². The second kappa shape index (κ2) is 6.80. The first-order valence-electron chi connectivity index (χ1n) is 8.66. The maximum atomic E-state index is 13.2. The monoisotopic (exact) mass is 340 g/mol. The second-order valence-corrected chi connectivity index (χ2v) is 6.64. The van der Waals surface area contributed by atoms with Crippen molar-refractivity contribution in [1.82, 2.24) is 20.3 Å². The van der Waals surface area contributed by atoms with Gasteiger partial charge in [0.05, 0.1) is 29.2 Å². The molecule has 1 aromatic carbocycles. The number of hydrogen-bond donors (Lipinski definition) is 1. The zero-order valence-corrected chi connectivity index (χ0v) is 14.2. The van der Waals surface area contributed by atoms with Crippen LogP contribution >= 0.6 is 0 Å². The first-order chi connectivity index (χ1) is 12.2. The highest BCUT2D eigenvalue weighted by Gasteiger charge is 2.28. The third-order valence-corrected chi connectivity index (χ3v) is 4.81. The zero-order chi connectivity index (χ0) is 17.2. The summed E-state index contributed by atoms with van der Waals surface area (Å²) in [6.07, 6.45) is 5.21. The molecule has 0 aliphatic carbocycles. The van der Waals surface area contributed by atoms with Crippen molar-refractivity contribution < 1.29 is 8.91 Å². The van der Waals surface area contributed by atoms with Crippen LogP contribution in [0.3, 0.4) is 0 Å². The molecular weight excluding hydrogens is 319 g/mol. The molecule has 1 fully saturated rings. The summed E-state index contributed by atoms with van der Waals surface area (Å²) in [5.74, 6) is 0.545. The van der Waals surface area contributed by atoms with Crippen molar-refractivity contribution in [1.29, 1.82) is 0 Å². The van der Waals surface area contributed by atoms with Gasteiger partial charge in [0.15, 0.2) is 5.76 Å². The molecule has 3 aromatic rings. The lowest BCUT2D eigenvalue weighted by atomic mass is 9.95. The number of aryl methyl sites for hydroxylation is 1. The summed E-state index contributed by atoms with van der Waals surface area (Å²) in [6, 6.07) is 8.92. The van der Waals surface area contributed by atoms with Crippen molar-refractivity contribution in [2.75, 3.05) is 6.54 Å². The van der Waals surface area contributed by atoms with Gasteiger partial charge in [0.2, 0.25) is 0 Å². The van der Waals surface area contributed by atoms with Crippen molar-refractivity contribution in [3.63, 3.8) is 0 Å². The molecule has 6 heteroatoms. The summed E-state index contributed by atoms with van der Waals surface area (Å²) < 4.78 is 18.6. The van der Waals surface area contributed by atoms with Crippen LogP contribution in [-0.4, -0.2) is 26.8 Å². The number of nitrogens with zero attached hydrogens (tertiary/aromatic N) is 3. The average molecular weight is 340 g/mol. The molecule has 1 aliphatic rings. The fourth-order valence-electron chi connectivity index (χ4n) is 3.57. The maximum absolute atomic E-state index is 13.2. The van der Waals surface area contributed by atoms with Gasteiger partial charge in [-0.3, -0.25) is 10.00 Å². The van der Waals surface area contributed by atoms with Crippen molar-refractivity contribution in [2.45, 2.75) is 38.8 Å². The van der Waals surface area contributed by atoms with Crippen LogP contribution in [0.2, 0.25) is 0 Å². The fourth-order valence-corrected chi connectivity index (χ4v) is 3.57. The molecule has 2 aromatic heterocycles. The lowest BCUT2D eigenvalue weighted by Crippen LogP contribution is -2.33. The summed E-state index contributed by atoms with van der Waals surface area (Å²) >= 11 is 0. The number of nitrogens with one attached hydrogen (secondary N) is 1. The van der Waals surface area contributed by atoms with Gasteiger partial charge in [0.1, 0.15) is 5.82 Å². The van der Waals surface area contributed by atoms with E-state index in [4.69, 9.17) is 4.52 Å². The summed E-state index contributed by atoms with van der Waals surface area (Å²) in [5, 5.41) is 11.4. The molecule has 3 heterocycles. The fraction of sp³-hybridized carbons (Fsp3) is 0.368. The molecule has 0 bridgehead atoms. The topological polar surface area (TPSA) is 58.0 Å². The third kappa shape index (κ3) is 3.35. The van der Waals surface area contributed by atoms with E-state index in [1.54, 1.807) is 6.20 Å². The third-order valence-electron chi connectivity index (χ3n) is 4.81. The highest BCUT2D eigenvalue weighted by molar-refractivity contribution is 5.60. The van der Waals surface area contributed by atoms with E-state index in [-0.39, 0.29) is 11.9 Å². The van der Waals surface area contributed by atoms with E-state index >= 15 is 0 Å². The molecule has 0 unspecified atom stereocenters. The van der Waals surface area contributed by atoms with Gasteiger partial charge in [0, 0.05) is 12.6 Å². The van der Waals surface area contributed by atoms with Gasteiger partial charge in [-0.2, -0.15) is 5.10 Å². The Labute approximate surface area is 145 Å². The smallest absolute Gasteiger partial charge is 0.170 e. The largest absolute Gasteiger partial charge is 0.356 e. The number of rotatable bonds is 4. The molecule has 4 rings (SSSR count). The molecule has 25 heavy (non-hydrogen) atoms. The number of H-pyrrole nitrogens is 1. The number of likely N-dealkylation sites (tertiary alicyclic amines) is 1. The molecule has 0 amide bonds. The van der Waals surface area contributed by atoms with Gasteiger partial charge in [-0.05, 0) is 44.0 Å². The first-order valence-corrected chi connectivity index (χ1v) is 8.66. The number of benzene rings is 1. The van der Waals surface area contributed by atoms with Crippen LogP contribution in [0.1, 0.15) is 42.3 Å². The normalized spacial score (nSPS) is 18.6. The highest BCUT2D eigenvalue weighted by atomic mass is 19.1. The summed E-state index contributed by atoms with van der Waals surface area (Å²) in [7, 11) is 0. The summed E-state index contributed by atoms with van der Waals surface area (Å²) in [4.78, 5) is 2.43. The molecule has 5 nitrogen and oxygen atoms in total. The van der Waals surface area contributed by atoms with Crippen LogP contribution in [0.4, 0.5) is 4.39 Å². The Balaban J connectivity index is 1.61. The number of piperidine rings is 1. The van der Waals surface area contributed by atoms with Gasteiger partial charge < -0.3 is 4.52 Å². The van der Waals surface area contributed by atoms with Gasteiger partial charge >= 0.3 is 0 Å². The van der Waals surface area contributed by atoms with E-state index in [0.717, 1.165) is 47.8 Å². The predicted octanol–water partition coefficient (Wildman–Crippen LogP) is 4.24. The Morgan fingerprint density at radius 1 is 1.28 bits per heavy atom. The van der Waals surface area contributed by atoms with E-state index in [9.17, 15) is 4.39 Å². The van der Waals surface area contributed by atoms with Gasteiger partial charge in [0.25, 0.3) is 0 Å². The lowest BCUT2D eigenvalue weighted by Gasteiger charge is -2.35. The highest BCUT2D eigenvalue weighted by Crippen LogP contribution is 2.36. The molecule has 1 saturated heterocycles. The molecule has 0 saturated carbocycles. The first kappa shape index (κ1) is 16.0. The Morgan fingerprint density at radius 3 is 2.88 bits per heavy atom. The molecule has 1 aliphatic heterocycles. The van der Waals surface area contributed by atoms with E-state index in [0.29, 0.717) is 0 Å².